The predicted octanol–water partition coefficient (Wildman–Crippen LogP) is -1.34. The molecule has 2 aromatic carbocycles. The summed E-state index contributed by atoms with van der Waals surface area (Å²) in [6, 6.07) is 5.87. The predicted molar refractivity (Wildman–Crippen MR) is 106 cm³/mol. The van der Waals surface area contributed by atoms with Crippen LogP contribution in [-0.4, -0.2) is 90.2 Å². The quantitative estimate of drug-likeness (QED) is 0.246. The smallest absolute Gasteiger partial charge is 0.212 e. The lowest BCUT2D eigenvalue weighted by Gasteiger charge is -2.38. The van der Waals surface area contributed by atoms with Gasteiger partial charge in [-0.2, -0.15) is 0 Å². The van der Waals surface area contributed by atoms with Gasteiger partial charge in [0.2, 0.25) is 6.29 Å². The van der Waals surface area contributed by atoms with Gasteiger partial charge >= 0.3 is 0 Å². The van der Waals surface area contributed by atoms with Gasteiger partial charge in [0.05, 0.1) is 5.56 Å². The zero-order chi connectivity index (χ0) is 24.0. The van der Waals surface area contributed by atoms with Crippen LogP contribution in [-0.2, 0) is 4.74 Å². The summed E-state index contributed by atoms with van der Waals surface area (Å²) in [6.07, 6.45) is -9.65. The third-order valence-corrected chi connectivity index (χ3v) is 5.57. The number of aromatic hydroxyl groups is 3. The molecule has 0 spiro atoms. The molecular formula is C21H22O12. The summed E-state index contributed by atoms with van der Waals surface area (Å²) >= 11 is 0. The highest BCUT2D eigenvalue weighted by Crippen LogP contribution is 2.44. The fourth-order valence-electron chi connectivity index (χ4n) is 3.76. The molecule has 4 rings (SSSR count). The Morgan fingerprint density at radius 1 is 0.818 bits per heavy atom. The van der Waals surface area contributed by atoms with Crippen LogP contribution in [0.5, 0.6) is 28.7 Å². The minimum absolute atomic E-state index is 0.0576. The van der Waals surface area contributed by atoms with Crippen molar-refractivity contribution in [2.24, 2.45) is 0 Å². The van der Waals surface area contributed by atoms with Gasteiger partial charge in [0.15, 0.2) is 35.1 Å². The van der Waals surface area contributed by atoms with E-state index in [1.54, 1.807) is 0 Å². The second kappa shape index (κ2) is 8.67. The Morgan fingerprint density at radius 2 is 1.55 bits per heavy atom. The van der Waals surface area contributed by atoms with Crippen LogP contribution >= 0.6 is 0 Å². The van der Waals surface area contributed by atoms with Crippen molar-refractivity contribution in [3.63, 3.8) is 0 Å². The molecule has 0 aliphatic carbocycles. The summed E-state index contributed by atoms with van der Waals surface area (Å²) in [5, 5.41) is 78.7. The maximum Gasteiger partial charge on any atom is 0.212 e. The number of rotatable bonds is 4. The Bertz CT molecular complexity index is 1060. The molecule has 0 radical (unpaired) electrons. The maximum absolute atomic E-state index is 13.1. The first-order valence-corrected chi connectivity index (χ1v) is 9.86. The highest BCUT2D eigenvalue weighted by Gasteiger charge is 2.43. The molecule has 0 saturated carbocycles. The Labute approximate surface area is 186 Å². The second-order valence-electron chi connectivity index (χ2n) is 7.77. The molecule has 33 heavy (non-hydrogen) atoms. The molecule has 0 amide bonds. The Morgan fingerprint density at radius 3 is 2.24 bits per heavy atom. The van der Waals surface area contributed by atoms with Crippen molar-refractivity contribution in [1.29, 1.82) is 0 Å². The number of phenolic OH excluding ortho intramolecular Hbond substituents is 3. The van der Waals surface area contributed by atoms with Crippen LogP contribution in [0.3, 0.4) is 0 Å². The molecular weight excluding hydrogens is 444 g/mol. The van der Waals surface area contributed by atoms with Crippen LogP contribution in [0.25, 0.3) is 0 Å². The van der Waals surface area contributed by atoms with Gasteiger partial charge in [-0.15, -0.1) is 0 Å². The average Bonchev–Trinajstić information content (AvgIpc) is 2.77. The number of fused-ring (bicyclic) bond motifs is 1. The first kappa shape index (κ1) is 23.0. The zero-order valence-corrected chi connectivity index (χ0v) is 16.8. The molecule has 2 aliphatic rings. The summed E-state index contributed by atoms with van der Waals surface area (Å²) in [6.45, 7) is -0.423. The summed E-state index contributed by atoms with van der Waals surface area (Å²) in [5.74, 6) is -3.74. The lowest BCUT2D eigenvalue weighted by Crippen LogP contribution is -2.58. The Kier molecular flexibility index (Phi) is 6.05. The number of ether oxygens (including phenoxy) is 3. The second-order valence-corrected chi connectivity index (χ2v) is 7.77. The fourth-order valence-corrected chi connectivity index (χ4v) is 3.76. The first-order valence-electron chi connectivity index (χ1n) is 9.86. The van der Waals surface area contributed by atoms with E-state index in [1.807, 2.05) is 0 Å². The number of carbonyl (C=O) groups excluding carboxylic acids is 1. The summed E-state index contributed by atoms with van der Waals surface area (Å²) in [7, 11) is 0. The minimum Gasteiger partial charge on any atom is -0.504 e. The fraction of sp³-hybridized carbons (Fsp3) is 0.381. The molecule has 2 heterocycles. The number of phenols is 3. The van der Waals surface area contributed by atoms with E-state index < -0.39 is 72.6 Å². The maximum atomic E-state index is 13.1. The number of carbonyl (C=O) groups is 1. The van der Waals surface area contributed by atoms with E-state index in [9.17, 15) is 45.6 Å². The molecule has 1 saturated heterocycles. The van der Waals surface area contributed by atoms with Gasteiger partial charge in [-0.25, -0.2) is 0 Å². The van der Waals surface area contributed by atoms with Gasteiger partial charge in [-0.05, 0) is 23.8 Å². The molecule has 0 bridgehead atoms. The summed E-state index contributed by atoms with van der Waals surface area (Å²) in [4.78, 5) is 13.1. The summed E-state index contributed by atoms with van der Waals surface area (Å²) < 4.78 is 15.8. The standard InChI is InChI=1S/C21H22O12/c22-10-2-1-7(3-11(10)23)14-15(25)9-4-8(5-12(24)19(9)33-20(14)29)31-6-13-16(26)17(27)18(28)21(30)32-13/h1-5,13-14,16-18,20-24,26-30H,6H2/t13-,14+,16-,17+,18-,20-,21-/m1/s1. The van der Waals surface area contributed by atoms with Crippen LogP contribution in [0.2, 0.25) is 0 Å². The van der Waals surface area contributed by atoms with E-state index in [-0.39, 0.29) is 22.6 Å². The molecule has 2 aliphatic heterocycles. The van der Waals surface area contributed by atoms with Gasteiger partial charge in [-0.1, -0.05) is 6.07 Å². The summed E-state index contributed by atoms with van der Waals surface area (Å²) in [5.41, 5.74) is 0.00740. The molecule has 7 atom stereocenters. The molecule has 0 aromatic heterocycles. The number of hydrogen-bond donors (Lipinski definition) is 8. The molecule has 2 aromatic rings. The number of hydrogen-bond acceptors (Lipinski definition) is 12. The van der Waals surface area contributed by atoms with Gasteiger partial charge in [0.25, 0.3) is 0 Å². The van der Waals surface area contributed by atoms with Crippen molar-refractivity contribution >= 4 is 5.78 Å². The lowest BCUT2D eigenvalue weighted by atomic mass is 9.87. The molecule has 12 heteroatoms. The van der Waals surface area contributed by atoms with Gasteiger partial charge in [0.1, 0.15) is 42.7 Å². The monoisotopic (exact) mass is 466 g/mol. The highest BCUT2D eigenvalue weighted by atomic mass is 16.6. The number of Topliss-reactive ketones (excluding diaryl/α,β-unsaturated/α-hetero) is 1. The molecule has 12 nitrogen and oxygen atoms in total. The van der Waals surface area contributed by atoms with Gasteiger partial charge in [0, 0.05) is 6.07 Å². The zero-order valence-electron chi connectivity index (χ0n) is 16.8. The topological polar surface area (TPSA) is 207 Å². The van der Waals surface area contributed by atoms with E-state index in [1.165, 1.54) is 12.1 Å². The molecule has 8 N–H and O–H groups in total. The SMILES string of the molecule is O=C1c2cc(OC[C@H]3O[C@@H](O)[C@H](O)[C@@H](O)[C@@H]3O)cc(O)c2O[C@@H](O)[C@H]1c1ccc(O)c(O)c1. The third kappa shape index (κ3) is 4.15. The number of benzene rings is 2. The van der Waals surface area contributed by atoms with E-state index in [4.69, 9.17) is 14.2 Å². The van der Waals surface area contributed by atoms with Crippen molar-refractivity contribution in [2.75, 3.05) is 6.61 Å². The first-order chi connectivity index (χ1) is 15.6. The minimum atomic E-state index is -1.76. The molecule has 1 fully saturated rings. The number of aliphatic hydroxyl groups excluding tert-OH is 5. The van der Waals surface area contributed by atoms with E-state index in [0.29, 0.717) is 0 Å². The van der Waals surface area contributed by atoms with Crippen molar-refractivity contribution < 1.29 is 59.9 Å². The Hall–Kier alpha value is -3.13. The normalized spacial score (nSPS) is 31.5. The van der Waals surface area contributed by atoms with Crippen LogP contribution < -0.4 is 9.47 Å². The number of aliphatic hydroxyl groups is 5. The van der Waals surface area contributed by atoms with Crippen LogP contribution in [0.15, 0.2) is 30.3 Å². The van der Waals surface area contributed by atoms with Crippen molar-refractivity contribution in [3.8, 4) is 28.7 Å². The van der Waals surface area contributed by atoms with Crippen LogP contribution in [0, 0.1) is 0 Å². The van der Waals surface area contributed by atoms with Crippen molar-refractivity contribution in [3.05, 3.63) is 41.5 Å². The molecule has 178 valence electrons. The third-order valence-electron chi connectivity index (χ3n) is 5.57. The number of ketones is 1. The molecule has 0 unspecified atom stereocenters. The van der Waals surface area contributed by atoms with Crippen molar-refractivity contribution in [2.45, 2.75) is 42.9 Å². The highest BCUT2D eigenvalue weighted by molar-refractivity contribution is 6.05. The van der Waals surface area contributed by atoms with Crippen LogP contribution in [0.1, 0.15) is 21.8 Å². The van der Waals surface area contributed by atoms with Gasteiger partial charge < -0.3 is 55.1 Å². The Balaban J connectivity index is 1.57. The average molecular weight is 466 g/mol. The van der Waals surface area contributed by atoms with Crippen LogP contribution in [0.4, 0.5) is 0 Å². The van der Waals surface area contributed by atoms with Gasteiger partial charge in [-0.3, -0.25) is 4.79 Å². The van der Waals surface area contributed by atoms with E-state index in [0.717, 1.165) is 18.2 Å². The largest absolute Gasteiger partial charge is 0.504 e. The lowest BCUT2D eigenvalue weighted by molar-refractivity contribution is -0.285. The van der Waals surface area contributed by atoms with E-state index >= 15 is 0 Å². The van der Waals surface area contributed by atoms with E-state index in [2.05, 4.69) is 0 Å². The van der Waals surface area contributed by atoms with Crippen molar-refractivity contribution in [1.82, 2.24) is 0 Å².